The van der Waals surface area contributed by atoms with E-state index in [9.17, 15) is 8.42 Å². The van der Waals surface area contributed by atoms with E-state index in [0.717, 1.165) is 25.7 Å². The van der Waals surface area contributed by atoms with Crippen LogP contribution < -0.4 is 4.74 Å². The van der Waals surface area contributed by atoms with Crippen molar-refractivity contribution < 1.29 is 17.9 Å². The molecule has 0 amide bonds. The lowest BCUT2D eigenvalue weighted by atomic mass is 9.98. The Bertz CT molecular complexity index is 647. The van der Waals surface area contributed by atoms with Gasteiger partial charge in [0, 0.05) is 31.8 Å². The standard InChI is InChI=1S/C15H20N2O4S/c18-22(19,13-4-5-13)17-8-6-15(11-17)9-12(10-20-15)21-14-3-1-2-7-16-14/h1-3,7,12-13H,4-6,8-11H2/t12-,15-/m0/s1. The average Bonchev–Trinajstić information content (AvgIpc) is 3.20. The van der Waals surface area contributed by atoms with Crippen LogP contribution in [-0.2, 0) is 14.8 Å². The number of sulfonamides is 1. The summed E-state index contributed by atoms with van der Waals surface area (Å²) in [5, 5.41) is -0.149. The molecular weight excluding hydrogens is 304 g/mol. The molecule has 3 aliphatic rings. The Balaban J connectivity index is 1.40. The maximum absolute atomic E-state index is 12.3. The minimum Gasteiger partial charge on any atom is -0.472 e. The minimum absolute atomic E-state index is 0.0570. The van der Waals surface area contributed by atoms with Crippen molar-refractivity contribution in [3.8, 4) is 5.88 Å². The van der Waals surface area contributed by atoms with Crippen LogP contribution in [0.25, 0.3) is 0 Å². The zero-order chi connectivity index (χ0) is 15.2. The van der Waals surface area contributed by atoms with Crippen LogP contribution in [0.1, 0.15) is 25.7 Å². The van der Waals surface area contributed by atoms with Gasteiger partial charge in [-0.15, -0.1) is 0 Å². The Morgan fingerprint density at radius 3 is 2.95 bits per heavy atom. The highest BCUT2D eigenvalue weighted by atomic mass is 32.2. The highest BCUT2D eigenvalue weighted by Gasteiger charge is 2.51. The van der Waals surface area contributed by atoms with Crippen molar-refractivity contribution in [2.24, 2.45) is 0 Å². The van der Waals surface area contributed by atoms with Gasteiger partial charge in [0.25, 0.3) is 0 Å². The van der Waals surface area contributed by atoms with Gasteiger partial charge in [0.15, 0.2) is 0 Å². The first-order valence-electron chi connectivity index (χ1n) is 7.78. The van der Waals surface area contributed by atoms with Crippen molar-refractivity contribution in [3.05, 3.63) is 24.4 Å². The number of pyridine rings is 1. The second kappa shape index (κ2) is 5.18. The third-order valence-electron chi connectivity index (χ3n) is 4.69. The summed E-state index contributed by atoms with van der Waals surface area (Å²) >= 11 is 0. The van der Waals surface area contributed by atoms with Gasteiger partial charge in [0.1, 0.15) is 6.10 Å². The lowest BCUT2D eigenvalue weighted by Gasteiger charge is -2.23. The zero-order valence-corrected chi connectivity index (χ0v) is 13.2. The number of nitrogens with zero attached hydrogens (tertiary/aromatic N) is 2. The largest absolute Gasteiger partial charge is 0.472 e. The fourth-order valence-electron chi connectivity index (χ4n) is 3.35. The summed E-state index contributed by atoms with van der Waals surface area (Å²) in [6.45, 7) is 1.52. The van der Waals surface area contributed by atoms with Gasteiger partial charge < -0.3 is 9.47 Å². The molecule has 0 unspecified atom stereocenters. The number of hydrogen-bond donors (Lipinski definition) is 0. The van der Waals surface area contributed by atoms with Crippen LogP contribution in [0.3, 0.4) is 0 Å². The normalized spacial score (nSPS) is 32.6. The number of hydrogen-bond acceptors (Lipinski definition) is 5. The molecule has 3 fully saturated rings. The van der Waals surface area contributed by atoms with Crippen LogP contribution in [-0.4, -0.2) is 54.4 Å². The predicted molar refractivity (Wildman–Crippen MR) is 80.1 cm³/mol. The SMILES string of the molecule is O=S(=O)(C1CC1)N1CC[C@]2(C[C@H](Oc3ccccn3)CO2)C1. The van der Waals surface area contributed by atoms with E-state index in [1.807, 2.05) is 18.2 Å². The van der Waals surface area contributed by atoms with E-state index in [4.69, 9.17) is 9.47 Å². The topological polar surface area (TPSA) is 68.7 Å². The molecular formula is C15H20N2O4S. The molecule has 120 valence electrons. The van der Waals surface area contributed by atoms with Crippen LogP contribution in [0.4, 0.5) is 0 Å². The summed E-state index contributed by atoms with van der Waals surface area (Å²) in [5.41, 5.74) is -0.374. The first kappa shape index (κ1) is 14.4. The summed E-state index contributed by atoms with van der Waals surface area (Å²) in [4.78, 5) is 4.16. The maximum atomic E-state index is 12.3. The van der Waals surface area contributed by atoms with Crippen molar-refractivity contribution in [3.63, 3.8) is 0 Å². The van der Waals surface area contributed by atoms with Crippen molar-refractivity contribution >= 4 is 10.0 Å². The van der Waals surface area contributed by atoms with Crippen molar-refractivity contribution in [2.75, 3.05) is 19.7 Å². The van der Waals surface area contributed by atoms with Gasteiger partial charge >= 0.3 is 0 Å². The Morgan fingerprint density at radius 1 is 1.36 bits per heavy atom. The third-order valence-corrected chi connectivity index (χ3v) is 7.03. The fraction of sp³-hybridized carbons (Fsp3) is 0.667. The summed E-state index contributed by atoms with van der Waals surface area (Å²) in [6.07, 6.45) is 4.72. The predicted octanol–water partition coefficient (Wildman–Crippen LogP) is 1.19. The third kappa shape index (κ3) is 2.61. The highest BCUT2D eigenvalue weighted by molar-refractivity contribution is 7.90. The molecule has 2 atom stereocenters. The molecule has 1 aliphatic carbocycles. The van der Waals surface area contributed by atoms with Crippen LogP contribution in [0.5, 0.6) is 5.88 Å². The molecule has 2 aliphatic heterocycles. The van der Waals surface area contributed by atoms with Crippen LogP contribution in [0.15, 0.2) is 24.4 Å². The van der Waals surface area contributed by atoms with Gasteiger partial charge in [-0.25, -0.2) is 13.4 Å². The van der Waals surface area contributed by atoms with E-state index in [2.05, 4.69) is 4.98 Å². The molecule has 1 spiro atoms. The van der Waals surface area contributed by atoms with E-state index in [1.54, 1.807) is 10.5 Å². The van der Waals surface area contributed by atoms with Crippen LogP contribution in [0, 0.1) is 0 Å². The quantitative estimate of drug-likeness (QED) is 0.832. The van der Waals surface area contributed by atoms with E-state index in [-0.39, 0.29) is 17.0 Å². The first-order chi connectivity index (χ1) is 10.6. The molecule has 1 aromatic rings. The number of rotatable bonds is 4. The molecule has 6 nitrogen and oxygen atoms in total. The van der Waals surface area contributed by atoms with Crippen molar-refractivity contribution in [2.45, 2.75) is 42.6 Å². The summed E-state index contributed by atoms with van der Waals surface area (Å²) < 4.78 is 38.1. The molecule has 1 saturated carbocycles. The maximum Gasteiger partial charge on any atom is 0.217 e. The Kier molecular flexibility index (Phi) is 3.39. The Morgan fingerprint density at radius 2 is 2.23 bits per heavy atom. The molecule has 3 heterocycles. The monoisotopic (exact) mass is 324 g/mol. The second-order valence-electron chi connectivity index (χ2n) is 6.43. The van der Waals surface area contributed by atoms with Crippen molar-refractivity contribution in [1.82, 2.24) is 9.29 Å². The molecule has 2 saturated heterocycles. The Hall–Kier alpha value is -1.18. The molecule has 1 aromatic heterocycles. The molecule has 22 heavy (non-hydrogen) atoms. The average molecular weight is 324 g/mol. The molecule has 0 bridgehead atoms. The van der Waals surface area contributed by atoms with Gasteiger partial charge in [0.2, 0.25) is 15.9 Å². The first-order valence-corrected chi connectivity index (χ1v) is 9.28. The number of aromatic nitrogens is 1. The summed E-state index contributed by atoms with van der Waals surface area (Å²) in [7, 11) is -3.11. The molecule has 4 rings (SSSR count). The Labute approximate surface area is 130 Å². The van der Waals surface area contributed by atoms with E-state index < -0.39 is 10.0 Å². The highest BCUT2D eigenvalue weighted by Crippen LogP contribution is 2.40. The summed E-state index contributed by atoms with van der Waals surface area (Å²) in [6, 6.07) is 5.55. The van der Waals surface area contributed by atoms with Crippen LogP contribution >= 0.6 is 0 Å². The smallest absolute Gasteiger partial charge is 0.217 e. The minimum atomic E-state index is -3.11. The molecule has 0 aromatic carbocycles. The van der Waals surface area contributed by atoms with E-state index >= 15 is 0 Å². The molecule has 0 radical (unpaired) electrons. The fourth-order valence-corrected chi connectivity index (χ4v) is 5.27. The second-order valence-corrected chi connectivity index (χ2v) is 8.65. The van der Waals surface area contributed by atoms with Gasteiger partial charge in [-0.1, -0.05) is 6.07 Å². The molecule has 7 heteroatoms. The molecule has 0 N–H and O–H groups in total. The van der Waals surface area contributed by atoms with Crippen molar-refractivity contribution in [1.29, 1.82) is 0 Å². The van der Waals surface area contributed by atoms with E-state index in [0.29, 0.717) is 25.6 Å². The lowest BCUT2D eigenvalue weighted by molar-refractivity contribution is 0.0142. The van der Waals surface area contributed by atoms with Crippen LogP contribution in [0.2, 0.25) is 0 Å². The van der Waals surface area contributed by atoms with Gasteiger partial charge in [-0.05, 0) is 25.3 Å². The number of ether oxygens (including phenoxy) is 2. The summed E-state index contributed by atoms with van der Waals surface area (Å²) in [5.74, 6) is 0.591. The van der Waals surface area contributed by atoms with Gasteiger partial charge in [-0.2, -0.15) is 4.31 Å². The lowest BCUT2D eigenvalue weighted by Crippen LogP contribution is -2.37. The van der Waals surface area contributed by atoms with E-state index in [1.165, 1.54) is 0 Å². The van der Waals surface area contributed by atoms with Gasteiger partial charge in [-0.3, -0.25) is 0 Å². The zero-order valence-electron chi connectivity index (χ0n) is 12.3. The van der Waals surface area contributed by atoms with Gasteiger partial charge in [0.05, 0.1) is 17.5 Å².